The van der Waals surface area contributed by atoms with Crippen molar-refractivity contribution in [2.45, 2.75) is 25.1 Å². The second-order valence-corrected chi connectivity index (χ2v) is 2.25. The predicted octanol–water partition coefficient (Wildman–Crippen LogP) is 1.69. The zero-order chi connectivity index (χ0) is 6.69. The van der Waals surface area contributed by atoms with Crippen LogP contribution in [0.25, 0.3) is 0 Å². The Morgan fingerprint density at radius 1 is 1.44 bits per heavy atom. The number of halogens is 1. The van der Waals surface area contributed by atoms with E-state index in [0.29, 0.717) is 6.42 Å². The minimum atomic E-state index is -0.739. The number of methoxy groups -OCH3 is 1. The molecule has 52 valence electrons. The van der Waals surface area contributed by atoms with Gasteiger partial charge < -0.3 is 4.74 Å². The zero-order valence-corrected chi connectivity index (χ0v) is 5.51. The number of alkyl halides is 1. The lowest BCUT2D eigenvalue weighted by Crippen LogP contribution is -2.14. The largest absolute Gasteiger partial charge is 0.377 e. The summed E-state index contributed by atoms with van der Waals surface area (Å²) in [6.07, 6.45) is 4.18. The lowest BCUT2D eigenvalue weighted by atomic mass is 10.0. The van der Waals surface area contributed by atoms with Gasteiger partial charge in [0.05, 0.1) is 6.10 Å². The van der Waals surface area contributed by atoms with Gasteiger partial charge in [0.2, 0.25) is 0 Å². The number of hydrogen-bond acceptors (Lipinski definition) is 1. The van der Waals surface area contributed by atoms with Gasteiger partial charge in [0.15, 0.2) is 0 Å². The smallest absolute Gasteiger partial charge is 0.118 e. The van der Waals surface area contributed by atoms with Gasteiger partial charge in [-0.3, -0.25) is 0 Å². The highest BCUT2D eigenvalue weighted by molar-refractivity contribution is 4.99. The third-order valence-electron chi connectivity index (χ3n) is 1.56. The Hall–Kier alpha value is -0.370. The maximum Gasteiger partial charge on any atom is 0.118 e. The summed E-state index contributed by atoms with van der Waals surface area (Å²) < 4.78 is 17.3. The van der Waals surface area contributed by atoms with Crippen LogP contribution in [0.5, 0.6) is 0 Å². The van der Waals surface area contributed by atoms with Crippen LogP contribution in [0, 0.1) is 0 Å². The molecule has 1 aliphatic rings. The summed E-state index contributed by atoms with van der Waals surface area (Å²) in [6.45, 7) is 0. The molecule has 0 spiro atoms. The van der Waals surface area contributed by atoms with Crippen LogP contribution in [0.15, 0.2) is 12.2 Å². The van der Waals surface area contributed by atoms with Crippen molar-refractivity contribution in [1.29, 1.82) is 0 Å². The van der Waals surface area contributed by atoms with Gasteiger partial charge in [-0.05, 0) is 12.8 Å². The maximum absolute atomic E-state index is 12.4. The Morgan fingerprint density at radius 2 is 2.22 bits per heavy atom. The molecule has 9 heavy (non-hydrogen) atoms. The summed E-state index contributed by atoms with van der Waals surface area (Å²) in [6, 6.07) is 0. The Labute approximate surface area is 54.5 Å². The molecule has 0 aromatic carbocycles. The van der Waals surface area contributed by atoms with Crippen LogP contribution in [0.2, 0.25) is 0 Å². The normalized spacial score (nSPS) is 34.9. The minimum Gasteiger partial charge on any atom is -0.377 e. The van der Waals surface area contributed by atoms with Crippen LogP contribution in [0.1, 0.15) is 12.8 Å². The lowest BCUT2D eigenvalue weighted by molar-refractivity contribution is 0.118. The van der Waals surface area contributed by atoms with E-state index in [1.165, 1.54) is 0 Å². The highest BCUT2D eigenvalue weighted by Crippen LogP contribution is 2.15. The van der Waals surface area contributed by atoms with E-state index in [0.717, 1.165) is 6.42 Å². The fourth-order valence-electron chi connectivity index (χ4n) is 0.957. The molecule has 0 bridgehead atoms. The summed E-state index contributed by atoms with van der Waals surface area (Å²) >= 11 is 0. The second-order valence-electron chi connectivity index (χ2n) is 2.25. The van der Waals surface area contributed by atoms with Crippen LogP contribution in [-0.2, 0) is 4.74 Å². The fraction of sp³-hybridized carbons (Fsp3) is 0.714. The van der Waals surface area contributed by atoms with E-state index in [4.69, 9.17) is 4.74 Å². The molecule has 0 aliphatic heterocycles. The van der Waals surface area contributed by atoms with E-state index in [1.54, 1.807) is 19.3 Å². The molecule has 0 aromatic rings. The zero-order valence-electron chi connectivity index (χ0n) is 5.51. The van der Waals surface area contributed by atoms with Crippen molar-refractivity contribution >= 4 is 0 Å². The van der Waals surface area contributed by atoms with E-state index >= 15 is 0 Å². The standard InChI is InChI=1S/C7H11FO/c1-9-7-4-2-6(8)3-5-7/h2,4,6-7H,3,5H2,1H3/t6-,7+/m1/s1. The monoisotopic (exact) mass is 130 g/mol. The Balaban J connectivity index is 2.38. The fourth-order valence-corrected chi connectivity index (χ4v) is 0.957. The number of rotatable bonds is 1. The van der Waals surface area contributed by atoms with E-state index < -0.39 is 6.17 Å². The van der Waals surface area contributed by atoms with E-state index in [1.807, 2.05) is 0 Å². The second kappa shape index (κ2) is 2.97. The number of hydrogen-bond donors (Lipinski definition) is 0. The molecule has 0 amide bonds. The molecular formula is C7H11FO. The molecular weight excluding hydrogens is 119 g/mol. The Morgan fingerprint density at radius 3 is 2.67 bits per heavy atom. The van der Waals surface area contributed by atoms with Crippen LogP contribution < -0.4 is 0 Å². The van der Waals surface area contributed by atoms with Gasteiger partial charge in [0, 0.05) is 7.11 Å². The molecule has 1 nitrogen and oxygen atoms in total. The quantitative estimate of drug-likeness (QED) is 0.491. The average molecular weight is 130 g/mol. The van der Waals surface area contributed by atoms with Crippen molar-refractivity contribution in [1.82, 2.24) is 0 Å². The van der Waals surface area contributed by atoms with Crippen molar-refractivity contribution in [3.63, 3.8) is 0 Å². The summed E-state index contributed by atoms with van der Waals surface area (Å²) in [4.78, 5) is 0. The molecule has 0 N–H and O–H groups in total. The van der Waals surface area contributed by atoms with Gasteiger partial charge in [0.1, 0.15) is 6.17 Å². The van der Waals surface area contributed by atoms with Crippen molar-refractivity contribution in [2.75, 3.05) is 7.11 Å². The SMILES string of the molecule is CO[C@H]1C=C[C@@H](F)CC1. The van der Waals surface area contributed by atoms with Gasteiger partial charge in [-0.2, -0.15) is 0 Å². The third-order valence-corrected chi connectivity index (χ3v) is 1.56. The van der Waals surface area contributed by atoms with Crippen LogP contribution in [0.4, 0.5) is 4.39 Å². The molecule has 0 heterocycles. The first kappa shape index (κ1) is 6.75. The van der Waals surface area contributed by atoms with Gasteiger partial charge in [0.25, 0.3) is 0 Å². The number of ether oxygens (including phenoxy) is 1. The van der Waals surface area contributed by atoms with Crippen molar-refractivity contribution in [3.05, 3.63) is 12.2 Å². The van der Waals surface area contributed by atoms with E-state index in [2.05, 4.69) is 0 Å². The minimum absolute atomic E-state index is 0.150. The molecule has 0 radical (unpaired) electrons. The van der Waals surface area contributed by atoms with Crippen molar-refractivity contribution in [3.8, 4) is 0 Å². The maximum atomic E-state index is 12.4. The first-order chi connectivity index (χ1) is 4.33. The van der Waals surface area contributed by atoms with Crippen LogP contribution in [-0.4, -0.2) is 19.4 Å². The predicted molar refractivity (Wildman–Crippen MR) is 34.1 cm³/mol. The average Bonchev–Trinajstić information content (AvgIpc) is 1.90. The topological polar surface area (TPSA) is 9.23 Å². The van der Waals surface area contributed by atoms with E-state index in [9.17, 15) is 4.39 Å². The molecule has 0 fully saturated rings. The van der Waals surface area contributed by atoms with Crippen LogP contribution >= 0.6 is 0 Å². The first-order valence-electron chi connectivity index (χ1n) is 3.18. The Kier molecular flexibility index (Phi) is 2.22. The molecule has 0 unspecified atom stereocenters. The molecule has 0 aromatic heterocycles. The molecule has 1 rings (SSSR count). The summed E-state index contributed by atoms with van der Waals surface area (Å²) in [7, 11) is 1.65. The molecule has 1 aliphatic carbocycles. The van der Waals surface area contributed by atoms with Crippen molar-refractivity contribution in [2.24, 2.45) is 0 Å². The third kappa shape index (κ3) is 1.79. The molecule has 0 saturated carbocycles. The lowest BCUT2D eigenvalue weighted by Gasteiger charge is -2.16. The number of allylic oxidation sites excluding steroid dienone is 1. The summed E-state index contributed by atoms with van der Waals surface area (Å²) in [5.74, 6) is 0. The van der Waals surface area contributed by atoms with E-state index in [-0.39, 0.29) is 6.10 Å². The van der Waals surface area contributed by atoms with Crippen LogP contribution in [0.3, 0.4) is 0 Å². The van der Waals surface area contributed by atoms with Gasteiger partial charge in [-0.1, -0.05) is 12.2 Å². The van der Waals surface area contributed by atoms with Gasteiger partial charge in [-0.25, -0.2) is 4.39 Å². The van der Waals surface area contributed by atoms with Crippen molar-refractivity contribution < 1.29 is 9.13 Å². The molecule has 2 atom stereocenters. The molecule has 0 saturated heterocycles. The van der Waals surface area contributed by atoms with Gasteiger partial charge in [-0.15, -0.1) is 0 Å². The highest BCUT2D eigenvalue weighted by Gasteiger charge is 2.12. The molecule has 2 heteroatoms. The van der Waals surface area contributed by atoms with Gasteiger partial charge >= 0.3 is 0 Å². The Bertz CT molecular complexity index is 111. The first-order valence-corrected chi connectivity index (χ1v) is 3.18. The highest BCUT2D eigenvalue weighted by atomic mass is 19.1. The summed E-state index contributed by atoms with van der Waals surface area (Å²) in [5, 5.41) is 0. The summed E-state index contributed by atoms with van der Waals surface area (Å²) in [5.41, 5.74) is 0.